The molecule has 2 unspecified atom stereocenters. The van der Waals surface area contributed by atoms with Gasteiger partial charge in [0, 0.05) is 12.8 Å². The molecule has 0 aromatic carbocycles. The lowest BCUT2D eigenvalue weighted by atomic mass is 10.0. The molecule has 0 bridgehead atoms. The Morgan fingerprint density at radius 3 is 1.27 bits per heavy atom. The minimum absolute atomic E-state index is 0.0286. The van der Waals surface area contributed by atoms with Crippen molar-refractivity contribution in [2.45, 2.75) is 238 Å². The smallest absolute Gasteiger partial charge is 0.462 e. The SMILES string of the molecule is CCCCC/C=C\C/C=C\CCCCCCCC(=O)OCC(COP(=O)(O)OCC[N+](C)(C)C)OC(=O)CCCCCCCCCCCCCCC/C=C\C/C=C\CCCCCCC. The fourth-order valence-corrected chi connectivity index (χ4v) is 7.93. The van der Waals surface area contributed by atoms with Gasteiger partial charge in [-0.3, -0.25) is 18.6 Å². The highest BCUT2D eigenvalue weighted by Gasteiger charge is 2.27. The van der Waals surface area contributed by atoms with E-state index < -0.39 is 26.5 Å². The van der Waals surface area contributed by atoms with Crippen LogP contribution in [0.2, 0.25) is 0 Å². The molecular formula is C54H101NO8P+. The highest BCUT2D eigenvalue weighted by molar-refractivity contribution is 7.47. The van der Waals surface area contributed by atoms with Gasteiger partial charge in [0.2, 0.25) is 0 Å². The molecule has 0 aromatic heterocycles. The number of likely N-dealkylation sites (N-methyl/N-ethyl adjacent to an activating group) is 1. The van der Waals surface area contributed by atoms with Gasteiger partial charge in [0.15, 0.2) is 6.10 Å². The highest BCUT2D eigenvalue weighted by Crippen LogP contribution is 2.43. The summed E-state index contributed by atoms with van der Waals surface area (Å²) in [5.74, 6) is -0.811. The number of hydrogen-bond donors (Lipinski definition) is 1. The summed E-state index contributed by atoms with van der Waals surface area (Å²) >= 11 is 0. The number of rotatable bonds is 48. The molecule has 0 aliphatic rings. The summed E-state index contributed by atoms with van der Waals surface area (Å²) in [6, 6.07) is 0. The summed E-state index contributed by atoms with van der Waals surface area (Å²) in [5, 5.41) is 0. The quantitative estimate of drug-likeness (QED) is 0.0211. The molecule has 374 valence electrons. The molecule has 10 heteroatoms. The minimum Gasteiger partial charge on any atom is -0.462 e. The Balaban J connectivity index is 4.20. The van der Waals surface area contributed by atoms with Gasteiger partial charge in [-0.25, -0.2) is 4.57 Å². The zero-order chi connectivity index (χ0) is 47.1. The standard InChI is InChI=1S/C54H100NO8P/c1-6-8-10-12-14-16-18-20-22-23-24-25-26-27-28-29-30-31-33-35-37-39-41-43-45-47-54(57)63-52(51-62-64(58,59)61-49-48-55(3,4)5)50-60-53(56)46-44-42-40-38-36-34-32-21-19-17-15-13-11-9-7-2/h15,17-18,20-21,23-24,32,52H,6-14,16,19,22,25-31,33-51H2,1-5H3/p+1/b17-15-,20-18-,24-23-,32-21-. The zero-order valence-electron chi connectivity index (χ0n) is 42.3. The first-order valence-corrected chi connectivity index (χ1v) is 27.9. The summed E-state index contributed by atoms with van der Waals surface area (Å²) in [7, 11) is 1.47. The van der Waals surface area contributed by atoms with Crippen molar-refractivity contribution in [2.24, 2.45) is 0 Å². The normalized spacial score (nSPS) is 13.8. The maximum atomic E-state index is 12.8. The second-order valence-electron chi connectivity index (χ2n) is 18.9. The van der Waals surface area contributed by atoms with E-state index in [4.69, 9.17) is 18.5 Å². The maximum absolute atomic E-state index is 12.8. The molecule has 0 radical (unpaired) electrons. The summed E-state index contributed by atoms with van der Waals surface area (Å²) < 4.78 is 34.4. The molecule has 0 saturated heterocycles. The number of esters is 2. The van der Waals surface area contributed by atoms with E-state index in [0.717, 1.165) is 64.2 Å². The maximum Gasteiger partial charge on any atom is 0.472 e. The Labute approximate surface area is 394 Å². The number of phosphoric ester groups is 1. The Morgan fingerprint density at radius 2 is 0.844 bits per heavy atom. The molecule has 0 saturated carbocycles. The van der Waals surface area contributed by atoms with E-state index in [1.807, 2.05) is 21.1 Å². The lowest BCUT2D eigenvalue weighted by Gasteiger charge is -2.24. The average molecular weight is 923 g/mol. The molecule has 0 amide bonds. The summed E-state index contributed by atoms with van der Waals surface area (Å²) in [6.07, 6.45) is 55.9. The van der Waals surface area contributed by atoms with Gasteiger partial charge >= 0.3 is 19.8 Å². The van der Waals surface area contributed by atoms with E-state index in [1.165, 1.54) is 135 Å². The third-order valence-corrected chi connectivity index (χ3v) is 12.3. The molecular weight excluding hydrogens is 822 g/mol. The van der Waals surface area contributed by atoms with E-state index in [1.54, 1.807) is 0 Å². The van der Waals surface area contributed by atoms with Crippen molar-refractivity contribution in [2.75, 3.05) is 47.5 Å². The molecule has 2 atom stereocenters. The third-order valence-electron chi connectivity index (χ3n) is 11.3. The van der Waals surface area contributed by atoms with E-state index in [2.05, 4.69) is 62.5 Å². The van der Waals surface area contributed by atoms with E-state index in [9.17, 15) is 19.0 Å². The lowest BCUT2D eigenvalue weighted by Crippen LogP contribution is -2.37. The number of allylic oxidation sites excluding steroid dienone is 8. The van der Waals surface area contributed by atoms with Crippen LogP contribution in [0.4, 0.5) is 0 Å². The molecule has 0 aromatic rings. The van der Waals surface area contributed by atoms with Gasteiger partial charge in [-0.05, 0) is 77.0 Å². The largest absolute Gasteiger partial charge is 0.472 e. The summed E-state index contributed by atoms with van der Waals surface area (Å²) in [6.45, 7) is 4.39. The fraction of sp³-hybridized carbons (Fsp3) is 0.815. The van der Waals surface area contributed by atoms with Gasteiger partial charge in [0.05, 0.1) is 27.7 Å². The lowest BCUT2D eigenvalue weighted by molar-refractivity contribution is -0.870. The van der Waals surface area contributed by atoms with Crippen LogP contribution in [0.25, 0.3) is 0 Å². The minimum atomic E-state index is -4.38. The van der Waals surface area contributed by atoms with Crippen LogP contribution in [-0.2, 0) is 32.7 Å². The van der Waals surface area contributed by atoms with Crippen LogP contribution in [0.1, 0.15) is 232 Å². The first kappa shape index (κ1) is 62.0. The van der Waals surface area contributed by atoms with E-state index in [-0.39, 0.29) is 32.0 Å². The number of unbranched alkanes of at least 4 members (excludes halogenated alkanes) is 26. The number of quaternary nitrogens is 1. The van der Waals surface area contributed by atoms with Crippen LogP contribution in [0.3, 0.4) is 0 Å². The predicted molar refractivity (Wildman–Crippen MR) is 270 cm³/mol. The predicted octanol–water partition coefficient (Wildman–Crippen LogP) is 15.8. The van der Waals surface area contributed by atoms with Crippen molar-refractivity contribution in [3.05, 3.63) is 48.6 Å². The van der Waals surface area contributed by atoms with Crippen LogP contribution in [-0.4, -0.2) is 74.9 Å². The second kappa shape index (κ2) is 46.1. The van der Waals surface area contributed by atoms with Gasteiger partial charge < -0.3 is 18.9 Å². The number of carbonyl (C=O) groups is 2. The molecule has 64 heavy (non-hydrogen) atoms. The highest BCUT2D eigenvalue weighted by atomic mass is 31.2. The Morgan fingerprint density at radius 1 is 0.484 bits per heavy atom. The van der Waals surface area contributed by atoms with Crippen LogP contribution in [0.15, 0.2) is 48.6 Å². The Kier molecular flexibility index (Phi) is 44.6. The van der Waals surface area contributed by atoms with Gasteiger partial charge in [-0.2, -0.15) is 0 Å². The molecule has 0 aliphatic heterocycles. The Hall–Kier alpha value is -2.03. The van der Waals surface area contributed by atoms with Gasteiger partial charge in [-0.1, -0.05) is 191 Å². The topological polar surface area (TPSA) is 108 Å². The number of phosphoric acid groups is 1. The molecule has 0 spiro atoms. The molecule has 0 rings (SSSR count). The summed E-state index contributed by atoms with van der Waals surface area (Å²) in [4.78, 5) is 35.5. The van der Waals surface area contributed by atoms with Gasteiger partial charge in [0.25, 0.3) is 0 Å². The van der Waals surface area contributed by atoms with Crippen LogP contribution >= 0.6 is 7.82 Å². The van der Waals surface area contributed by atoms with Crippen LogP contribution < -0.4 is 0 Å². The van der Waals surface area contributed by atoms with Gasteiger partial charge in [-0.15, -0.1) is 0 Å². The van der Waals surface area contributed by atoms with Crippen molar-refractivity contribution in [3.63, 3.8) is 0 Å². The third kappa shape index (κ3) is 49.4. The zero-order valence-corrected chi connectivity index (χ0v) is 43.2. The fourth-order valence-electron chi connectivity index (χ4n) is 7.19. The number of nitrogens with zero attached hydrogens (tertiary/aromatic N) is 1. The van der Waals surface area contributed by atoms with Crippen molar-refractivity contribution >= 4 is 19.8 Å². The van der Waals surface area contributed by atoms with Crippen molar-refractivity contribution < 1.29 is 42.1 Å². The van der Waals surface area contributed by atoms with Crippen molar-refractivity contribution in [1.82, 2.24) is 0 Å². The Bertz CT molecular complexity index is 1230. The van der Waals surface area contributed by atoms with Crippen molar-refractivity contribution in [1.29, 1.82) is 0 Å². The monoisotopic (exact) mass is 923 g/mol. The van der Waals surface area contributed by atoms with Crippen LogP contribution in [0, 0.1) is 0 Å². The van der Waals surface area contributed by atoms with Gasteiger partial charge in [0.1, 0.15) is 19.8 Å². The first-order chi connectivity index (χ1) is 31.0. The number of ether oxygens (including phenoxy) is 2. The molecule has 9 nitrogen and oxygen atoms in total. The van der Waals surface area contributed by atoms with E-state index in [0.29, 0.717) is 17.4 Å². The first-order valence-electron chi connectivity index (χ1n) is 26.4. The van der Waals surface area contributed by atoms with Crippen LogP contribution in [0.5, 0.6) is 0 Å². The molecule has 0 fully saturated rings. The number of hydrogen-bond acceptors (Lipinski definition) is 7. The summed E-state index contributed by atoms with van der Waals surface area (Å²) in [5.41, 5.74) is 0. The molecule has 1 N–H and O–H groups in total. The molecule has 0 aliphatic carbocycles. The molecule has 0 heterocycles. The second-order valence-corrected chi connectivity index (χ2v) is 20.4. The number of carbonyl (C=O) groups excluding carboxylic acids is 2. The van der Waals surface area contributed by atoms with Crippen molar-refractivity contribution in [3.8, 4) is 0 Å². The average Bonchev–Trinajstić information content (AvgIpc) is 3.25. The van der Waals surface area contributed by atoms with E-state index >= 15 is 0 Å².